The molecule has 322 valence electrons. The van der Waals surface area contributed by atoms with Crippen LogP contribution in [-0.4, -0.2) is 116 Å². The third-order valence-corrected chi connectivity index (χ3v) is 8.84. The second-order valence-electron chi connectivity index (χ2n) is 15.0. The van der Waals surface area contributed by atoms with E-state index < -0.39 is 18.2 Å². The van der Waals surface area contributed by atoms with Gasteiger partial charge in [0, 0.05) is 37.1 Å². The summed E-state index contributed by atoms with van der Waals surface area (Å²) in [4.78, 5) is 37.2. The average molecular weight is 783 g/mol. The molecule has 0 aromatic rings. The van der Waals surface area contributed by atoms with Gasteiger partial charge < -0.3 is 39.0 Å². The smallest absolute Gasteiger partial charge is 0.333 e. The Labute approximate surface area is 335 Å². The Morgan fingerprint density at radius 1 is 0.818 bits per heavy atom. The van der Waals surface area contributed by atoms with Crippen molar-refractivity contribution in [2.45, 2.75) is 168 Å². The lowest BCUT2D eigenvalue weighted by Crippen LogP contribution is -2.27. The summed E-state index contributed by atoms with van der Waals surface area (Å²) in [7, 11) is 3.85. The Kier molecular flexibility index (Phi) is 38.0. The van der Waals surface area contributed by atoms with Gasteiger partial charge in [-0.25, -0.2) is 9.59 Å². The normalized spacial score (nSPS) is 13.9. The maximum atomic E-state index is 12.2. The molecule has 0 bridgehead atoms. The monoisotopic (exact) mass is 783 g/mol. The maximum absolute atomic E-state index is 12.2. The lowest BCUT2D eigenvalue weighted by molar-refractivity contribution is -0.140. The van der Waals surface area contributed by atoms with Crippen LogP contribution >= 0.6 is 0 Å². The average Bonchev–Trinajstić information content (AvgIpc) is 3.58. The van der Waals surface area contributed by atoms with E-state index in [0.29, 0.717) is 30.8 Å². The number of amides is 1. The zero-order valence-corrected chi connectivity index (χ0v) is 36.0. The van der Waals surface area contributed by atoms with E-state index in [1.54, 1.807) is 24.9 Å². The molecule has 1 amide bonds. The van der Waals surface area contributed by atoms with Gasteiger partial charge in [0.15, 0.2) is 0 Å². The van der Waals surface area contributed by atoms with Crippen molar-refractivity contribution in [2.75, 3.05) is 60.2 Å². The van der Waals surface area contributed by atoms with Gasteiger partial charge in [0.1, 0.15) is 6.61 Å². The van der Waals surface area contributed by atoms with Crippen LogP contribution in [0.2, 0.25) is 0 Å². The Morgan fingerprint density at radius 2 is 1.33 bits per heavy atom. The summed E-state index contributed by atoms with van der Waals surface area (Å²) in [5, 5.41) is 18.8. The quantitative estimate of drug-likeness (QED) is 0.0390. The summed E-state index contributed by atoms with van der Waals surface area (Å²) in [5.41, 5.74) is 0.756. The molecular weight excluding hydrogens is 700 g/mol. The molecule has 2 N–H and O–H groups in total. The van der Waals surface area contributed by atoms with Crippen LogP contribution < -0.4 is 0 Å². The second kappa shape index (κ2) is 38.3. The van der Waals surface area contributed by atoms with Gasteiger partial charge in [-0.2, -0.15) is 0 Å². The van der Waals surface area contributed by atoms with Crippen LogP contribution in [0.5, 0.6) is 0 Å². The Balaban J connectivity index is 0. The summed E-state index contributed by atoms with van der Waals surface area (Å²) in [6.45, 7) is 20.9. The zero-order chi connectivity index (χ0) is 41.7. The molecule has 1 rings (SSSR count). The predicted molar refractivity (Wildman–Crippen MR) is 224 cm³/mol. The molecule has 11 heteroatoms. The summed E-state index contributed by atoms with van der Waals surface area (Å²) in [6, 6.07) is 0. The van der Waals surface area contributed by atoms with Gasteiger partial charge in [0.05, 0.1) is 44.7 Å². The molecule has 1 fully saturated rings. The number of aliphatic hydroxyl groups is 2. The molecule has 3 atom stereocenters. The van der Waals surface area contributed by atoms with Crippen molar-refractivity contribution in [1.82, 2.24) is 9.80 Å². The molecule has 3 unspecified atom stereocenters. The molecule has 0 aromatic heterocycles. The number of nitrogens with zero attached hydrogens (tertiary/aromatic N) is 2. The van der Waals surface area contributed by atoms with Gasteiger partial charge >= 0.3 is 11.9 Å². The van der Waals surface area contributed by atoms with E-state index in [9.17, 15) is 24.6 Å². The number of unbranched alkanes of at least 4 members (excludes halogenated alkanes) is 15. The summed E-state index contributed by atoms with van der Waals surface area (Å²) in [6.07, 6.45) is 23.2. The topological polar surface area (TPSA) is 135 Å². The number of carbonyl (C=O) groups excluding carboxylic acids is 3. The van der Waals surface area contributed by atoms with E-state index in [4.69, 9.17) is 18.9 Å². The third-order valence-electron chi connectivity index (χ3n) is 8.84. The molecule has 0 aliphatic carbocycles. The number of ether oxygens (including phenoxy) is 4. The van der Waals surface area contributed by atoms with Crippen molar-refractivity contribution >= 4 is 17.8 Å². The van der Waals surface area contributed by atoms with Crippen LogP contribution in [0.15, 0.2) is 37.1 Å². The summed E-state index contributed by atoms with van der Waals surface area (Å²) in [5.74, 6) is -0.525. The third kappa shape index (κ3) is 36.8. The summed E-state index contributed by atoms with van der Waals surface area (Å²) < 4.78 is 21.2. The Hall–Kier alpha value is -2.57. The van der Waals surface area contributed by atoms with E-state index in [2.05, 4.69) is 26.7 Å². The standard InChI is InChI=1S/C30H58O6.C8H15NO2.C6H9NO/c1-5-6-7-8-9-10-11-12-13-14-15-16-17-18-19-20-21-34-30(33)26(2)22-29(23-31)36-25-28(4)35-24-27(3)32;1-7(2)8(10)11-6-5-9(3)4;1-2-7-5-3-4-6(7)8/h27-29,31-32H,2,5-25H2,1,3-4H3;1,5-6H2,2-4H3;2H,1,3-5H2. The molecule has 1 aliphatic rings. The van der Waals surface area contributed by atoms with Crippen molar-refractivity contribution in [2.24, 2.45) is 0 Å². The number of aliphatic hydroxyl groups excluding tert-OH is 2. The maximum Gasteiger partial charge on any atom is 0.333 e. The fourth-order valence-electron chi connectivity index (χ4n) is 5.38. The number of likely N-dealkylation sites (N-methyl/N-ethyl adjacent to an activating group) is 1. The van der Waals surface area contributed by atoms with Crippen molar-refractivity contribution in [1.29, 1.82) is 0 Å². The Bertz CT molecular complexity index is 1000. The first kappa shape index (κ1) is 54.5. The highest BCUT2D eigenvalue weighted by Crippen LogP contribution is 2.15. The van der Waals surface area contributed by atoms with E-state index >= 15 is 0 Å². The minimum atomic E-state index is -0.537. The number of likely N-dealkylation sites (tertiary alicyclic amines) is 1. The highest BCUT2D eigenvalue weighted by atomic mass is 16.5. The molecule has 11 nitrogen and oxygen atoms in total. The van der Waals surface area contributed by atoms with Crippen LogP contribution in [0.25, 0.3) is 0 Å². The number of carbonyl (C=O) groups is 3. The first-order valence-corrected chi connectivity index (χ1v) is 21.0. The molecule has 0 aromatic carbocycles. The first-order valence-electron chi connectivity index (χ1n) is 21.0. The molecule has 1 heterocycles. The van der Waals surface area contributed by atoms with Gasteiger partial charge in [0.25, 0.3) is 0 Å². The largest absolute Gasteiger partial charge is 0.462 e. The van der Waals surface area contributed by atoms with Crippen LogP contribution in [-0.2, 0) is 33.3 Å². The molecule has 0 saturated carbocycles. The second-order valence-corrected chi connectivity index (χ2v) is 15.0. The van der Waals surface area contributed by atoms with Gasteiger partial charge in [-0.1, -0.05) is 123 Å². The summed E-state index contributed by atoms with van der Waals surface area (Å²) >= 11 is 0. The van der Waals surface area contributed by atoms with E-state index in [-0.39, 0.29) is 44.2 Å². The van der Waals surface area contributed by atoms with Crippen molar-refractivity contribution in [3.05, 3.63) is 37.1 Å². The van der Waals surface area contributed by atoms with Crippen LogP contribution in [0.3, 0.4) is 0 Å². The van der Waals surface area contributed by atoms with Crippen LogP contribution in [0, 0.1) is 0 Å². The molecule has 0 radical (unpaired) electrons. The first-order chi connectivity index (χ1) is 26.3. The van der Waals surface area contributed by atoms with Gasteiger partial charge in [-0.3, -0.25) is 4.79 Å². The van der Waals surface area contributed by atoms with Gasteiger partial charge in [-0.05, 0) is 53.9 Å². The Morgan fingerprint density at radius 3 is 1.73 bits per heavy atom. The number of hydrogen-bond donors (Lipinski definition) is 2. The van der Waals surface area contributed by atoms with Crippen LogP contribution in [0.4, 0.5) is 0 Å². The molecular formula is C44H82N2O9. The van der Waals surface area contributed by atoms with Crippen molar-refractivity contribution in [3.63, 3.8) is 0 Å². The van der Waals surface area contributed by atoms with Crippen molar-refractivity contribution < 1.29 is 43.5 Å². The molecule has 1 saturated heterocycles. The van der Waals surface area contributed by atoms with E-state index in [1.165, 1.54) is 89.9 Å². The number of rotatable bonds is 32. The fourth-order valence-corrected chi connectivity index (χ4v) is 5.38. The van der Waals surface area contributed by atoms with Gasteiger partial charge in [0.2, 0.25) is 5.91 Å². The number of hydrogen-bond acceptors (Lipinski definition) is 10. The molecule has 0 spiro atoms. The number of esters is 2. The predicted octanol–water partition coefficient (Wildman–Crippen LogP) is 8.32. The van der Waals surface area contributed by atoms with Crippen LogP contribution in [0.1, 0.15) is 150 Å². The van der Waals surface area contributed by atoms with E-state index in [1.807, 2.05) is 25.9 Å². The zero-order valence-electron chi connectivity index (χ0n) is 36.0. The molecule has 1 aliphatic heterocycles. The minimum Gasteiger partial charge on any atom is -0.462 e. The molecule has 55 heavy (non-hydrogen) atoms. The van der Waals surface area contributed by atoms with Crippen molar-refractivity contribution in [3.8, 4) is 0 Å². The highest BCUT2D eigenvalue weighted by molar-refractivity contribution is 5.87. The van der Waals surface area contributed by atoms with Gasteiger partial charge in [-0.15, -0.1) is 0 Å². The highest BCUT2D eigenvalue weighted by Gasteiger charge is 2.18. The minimum absolute atomic E-state index is 0.208. The van der Waals surface area contributed by atoms with E-state index in [0.717, 1.165) is 32.4 Å². The lowest BCUT2D eigenvalue weighted by atomic mass is 10.0. The fraction of sp³-hybridized carbons (Fsp3) is 0.795. The SMILES string of the molecule is C=C(C)C(=O)OCCN(C)C.C=C(CC(CO)OCC(C)OCC(C)O)C(=O)OCCCCCCCCCCCCCCCCCC.C=CN1CCCC1=O. The lowest BCUT2D eigenvalue weighted by Gasteiger charge is -2.20.